The van der Waals surface area contributed by atoms with E-state index in [9.17, 15) is 13.2 Å². The van der Waals surface area contributed by atoms with Crippen molar-refractivity contribution in [3.63, 3.8) is 0 Å². The fourth-order valence-electron chi connectivity index (χ4n) is 1.52. The second-order valence-electron chi connectivity index (χ2n) is 4.50. The predicted molar refractivity (Wildman–Crippen MR) is 76.8 cm³/mol. The van der Waals surface area contributed by atoms with Gasteiger partial charge in [-0.2, -0.15) is 0 Å². The summed E-state index contributed by atoms with van der Waals surface area (Å²) in [5.41, 5.74) is 0.514. The summed E-state index contributed by atoms with van der Waals surface area (Å²) in [5.74, 6) is -1.20. The van der Waals surface area contributed by atoms with E-state index in [1.54, 1.807) is 24.3 Å². The molecule has 0 saturated carbocycles. The second-order valence-corrected chi connectivity index (χ2v) is 6.97. The van der Waals surface area contributed by atoms with Crippen LogP contribution in [0.2, 0.25) is 5.02 Å². The average Bonchev–Trinajstić information content (AvgIpc) is 2.30. The van der Waals surface area contributed by atoms with Crippen LogP contribution in [0.5, 0.6) is 0 Å². The quantitative estimate of drug-likeness (QED) is 0.876. The van der Waals surface area contributed by atoms with Gasteiger partial charge in [-0.1, -0.05) is 36.7 Å². The van der Waals surface area contributed by atoms with Crippen molar-refractivity contribution < 1.29 is 13.2 Å². The highest BCUT2D eigenvalue weighted by atomic mass is 35.5. The number of carbonyl (C=O) groups is 1. The van der Waals surface area contributed by atoms with E-state index in [2.05, 4.69) is 5.32 Å². The van der Waals surface area contributed by atoms with Crippen LogP contribution in [0, 0.1) is 0 Å². The Balaban J connectivity index is 2.67. The van der Waals surface area contributed by atoms with Crippen molar-refractivity contribution in [3.8, 4) is 0 Å². The standard InChI is InChI=1S/C13H18ClNO3S/c1-3-10(2)15-13(16)9-19(17,18)8-11-6-4-5-7-12(11)14/h4-7,10H,3,8-9H2,1-2H3,(H,15,16)/t10-/m1/s1. The van der Waals surface area contributed by atoms with Crippen LogP contribution in [0.4, 0.5) is 0 Å². The molecule has 0 bridgehead atoms. The van der Waals surface area contributed by atoms with Gasteiger partial charge >= 0.3 is 0 Å². The number of amides is 1. The zero-order valence-corrected chi connectivity index (χ0v) is 12.6. The Kier molecular flexibility index (Phi) is 5.82. The van der Waals surface area contributed by atoms with Crippen molar-refractivity contribution in [1.82, 2.24) is 5.32 Å². The lowest BCUT2D eigenvalue weighted by atomic mass is 10.2. The van der Waals surface area contributed by atoms with Crippen LogP contribution in [0.3, 0.4) is 0 Å². The van der Waals surface area contributed by atoms with Gasteiger partial charge in [0.15, 0.2) is 9.84 Å². The number of hydrogen-bond donors (Lipinski definition) is 1. The van der Waals surface area contributed by atoms with Crippen LogP contribution in [-0.2, 0) is 20.4 Å². The van der Waals surface area contributed by atoms with Crippen LogP contribution in [0.25, 0.3) is 0 Å². The number of nitrogens with one attached hydrogen (secondary N) is 1. The number of hydrogen-bond acceptors (Lipinski definition) is 3. The summed E-state index contributed by atoms with van der Waals surface area (Å²) in [6.45, 7) is 3.75. The van der Waals surface area contributed by atoms with Crippen molar-refractivity contribution in [3.05, 3.63) is 34.9 Å². The molecule has 1 aromatic rings. The molecule has 0 unspecified atom stereocenters. The monoisotopic (exact) mass is 303 g/mol. The average molecular weight is 304 g/mol. The van der Waals surface area contributed by atoms with Crippen LogP contribution in [0.1, 0.15) is 25.8 Å². The molecule has 0 aliphatic carbocycles. The molecule has 0 radical (unpaired) electrons. The third kappa shape index (κ3) is 5.61. The molecule has 1 rings (SSSR count). The number of halogens is 1. The highest BCUT2D eigenvalue weighted by molar-refractivity contribution is 7.91. The zero-order chi connectivity index (χ0) is 14.5. The largest absolute Gasteiger partial charge is 0.353 e. The summed E-state index contributed by atoms with van der Waals surface area (Å²) in [7, 11) is -3.51. The van der Waals surface area contributed by atoms with Crippen LogP contribution < -0.4 is 5.32 Å². The van der Waals surface area contributed by atoms with E-state index in [0.29, 0.717) is 10.6 Å². The van der Waals surface area contributed by atoms with Gasteiger partial charge in [0.25, 0.3) is 0 Å². The minimum Gasteiger partial charge on any atom is -0.353 e. The van der Waals surface area contributed by atoms with Gasteiger partial charge in [-0.05, 0) is 25.0 Å². The fraction of sp³-hybridized carbons (Fsp3) is 0.462. The maximum atomic E-state index is 11.9. The second kappa shape index (κ2) is 6.91. The van der Waals surface area contributed by atoms with Gasteiger partial charge in [0.05, 0.1) is 5.75 Å². The van der Waals surface area contributed by atoms with E-state index in [1.165, 1.54) is 0 Å². The lowest BCUT2D eigenvalue weighted by molar-refractivity contribution is -0.119. The molecule has 1 atom stereocenters. The van der Waals surface area contributed by atoms with E-state index >= 15 is 0 Å². The van der Waals surface area contributed by atoms with Gasteiger partial charge in [-0.15, -0.1) is 0 Å². The van der Waals surface area contributed by atoms with Crippen LogP contribution in [0.15, 0.2) is 24.3 Å². The first-order valence-corrected chi connectivity index (χ1v) is 8.27. The Labute approximate surface area is 119 Å². The van der Waals surface area contributed by atoms with E-state index in [4.69, 9.17) is 11.6 Å². The predicted octanol–water partition coefficient (Wildman–Crippen LogP) is 2.17. The molecule has 0 aliphatic rings. The Hall–Kier alpha value is -1.07. The topological polar surface area (TPSA) is 63.2 Å². The molecular formula is C13H18ClNO3S. The first-order valence-electron chi connectivity index (χ1n) is 6.07. The van der Waals surface area contributed by atoms with Gasteiger partial charge in [0.2, 0.25) is 5.91 Å². The number of sulfone groups is 1. The van der Waals surface area contributed by atoms with Crippen LogP contribution in [-0.4, -0.2) is 26.1 Å². The highest BCUT2D eigenvalue weighted by Gasteiger charge is 2.19. The molecule has 1 N–H and O–H groups in total. The van der Waals surface area contributed by atoms with E-state index in [1.807, 2.05) is 13.8 Å². The third-order valence-electron chi connectivity index (χ3n) is 2.70. The number of benzene rings is 1. The normalized spacial score (nSPS) is 13.0. The maximum Gasteiger partial charge on any atom is 0.235 e. The smallest absolute Gasteiger partial charge is 0.235 e. The lowest BCUT2D eigenvalue weighted by Gasteiger charge is -2.11. The Morgan fingerprint density at radius 1 is 1.37 bits per heavy atom. The first kappa shape index (κ1) is 16.0. The fourth-order valence-corrected chi connectivity index (χ4v) is 3.11. The van der Waals surface area contributed by atoms with Gasteiger partial charge in [-0.3, -0.25) is 4.79 Å². The van der Waals surface area contributed by atoms with Gasteiger partial charge in [0, 0.05) is 11.1 Å². The lowest BCUT2D eigenvalue weighted by Crippen LogP contribution is -2.36. The minimum atomic E-state index is -3.51. The summed E-state index contributed by atoms with van der Waals surface area (Å²) in [6.07, 6.45) is 0.760. The molecule has 0 spiro atoms. The Morgan fingerprint density at radius 2 is 2.00 bits per heavy atom. The molecule has 0 aromatic heterocycles. The summed E-state index contributed by atoms with van der Waals surface area (Å²) < 4.78 is 23.8. The summed E-state index contributed by atoms with van der Waals surface area (Å²) in [4.78, 5) is 11.6. The molecule has 0 heterocycles. The van der Waals surface area contributed by atoms with Crippen molar-refractivity contribution >= 4 is 27.3 Å². The van der Waals surface area contributed by atoms with Crippen LogP contribution >= 0.6 is 11.6 Å². The maximum absolute atomic E-state index is 11.9. The SMILES string of the molecule is CC[C@@H](C)NC(=O)CS(=O)(=O)Cc1ccccc1Cl. The number of carbonyl (C=O) groups excluding carboxylic acids is 1. The van der Waals surface area contributed by atoms with Crippen molar-refractivity contribution in [1.29, 1.82) is 0 Å². The highest BCUT2D eigenvalue weighted by Crippen LogP contribution is 2.17. The van der Waals surface area contributed by atoms with Crippen molar-refractivity contribution in [2.24, 2.45) is 0 Å². The zero-order valence-electron chi connectivity index (χ0n) is 11.0. The molecule has 106 valence electrons. The molecule has 1 amide bonds. The first-order chi connectivity index (χ1) is 8.84. The third-order valence-corrected chi connectivity index (χ3v) is 4.53. The van der Waals surface area contributed by atoms with E-state index < -0.39 is 21.5 Å². The van der Waals surface area contributed by atoms with Gasteiger partial charge < -0.3 is 5.32 Å². The minimum absolute atomic E-state index is 0.0250. The molecule has 4 nitrogen and oxygen atoms in total. The molecule has 1 aromatic carbocycles. The van der Waals surface area contributed by atoms with Gasteiger partial charge in [0.1, 0.15) is 5.75 Å². The number of rotatable bonds is 6. The van der Waals surface area contributed by atoms with E-state index in [-0.39, 0.29) is 11.8 Å². The Morgan fingerprint density at radius 3 is 2.58 bits per heavy atom. The molecular weight excluding hydrogens is 286 g/mol. The van der Waals surface area contributed by atoms with E-state index in [0.717, 1.165) is 6.42 Å². The molecule has 0 saturated heterocycles. The molecule has 6 heteroatoms. The molecule has 19 heavy (non-hydrogen) atoms. The van der Waals surface area contributed by atoms with Gasteiger partial charge in [-0.25, -0.2) is 8.42 Å². The van der Waals surface area contributed by atoms with Crippen molar-refractivity contribution in [2.45, 2.75) is 32.1 Å². The summed E-state index contributed by atoms with van der Waals surface area (Å²) >= 11 is 5.91. The summed E-state index contributed by atoms with van der Waals surface area (Å²) in [6, 6.07) is 6.70. The van der Waals surface area contributed by atoms with Crippen molar-refractivity contribution in [2.75, 3.05) is 5.75 Å². The Bertz CT molecular complexity index is 543. The summed E-state index contributed by atoms with van der Waals surface area (Å²) in [5, 5.41) is 3.03. The molecule has 0 fully saturated rings. The molecule has 0 aliphatic heterocycles.